The molecule has 0 bridgehead atoms. The summed E-state index contributed by atoms with van der Waals surface area (Å²) in [4.78, 5) is 10.3. The van der Waals surface area contributed by atoms with E-state index < -0.39 is 5.97 Å². The summed E-state index contributed by atoms with van der Waals surface area (Å²) in [6, 6.07) is 0. The van der Waals surface area contributed by atoms with Crippen molar-refractivity contribution in [3.8, 4) is 0 Å². The van der Waals surface area contributed by atoms with E-state index in [9.17, 15) is 9.90 Å². The van der Waals surface area contributed by atoms with Crippen LogP contribution in [0, 0.1) is 7.43 Å². The predicted octanol–water partition coefficient (Wildman–Crippen LogP) is 5.16. The maximum atomic E-state index is 10.3. The van der Waals surface area contributed by atoms with Crippen LogP contribution < -0.4 is 0 Å². The van der Waals surface area contributed by atoms with Crippen molar-refractivity contribution < 1.29 is 15.0 Å². The Labute approximate surface area is 137 Å². The zero-order valence-corrected chi connectivity index (χ0v) is 14.2. The molecule has 0 aliphatic heterocycles. The van der Waals surface area contributed by atoms with Gasteiger partial charge in [-0.2, -0.15) is 0 Å². The van der Waals surface area contributed by atoms with Gasteiger partial charge < -0.3 is 10.2 Å². The Hall–Kier alpha value is -0.830. The maximum absolute atomic E-state index is 10.3. The van der Waals surface area contributed by atoms with Crippen molar-refractivity contribution in [2.45, 2.75) is 96.5 Å². The van der Waals surface area contributed by atoms with E-state index in [1.807, 2.05) is 0 Å². The van der Waals surface area contributed by atoms with E-state index in [1.54, 1.807) is 0 Å². The molecule has 0 aliphatic carbocycles. The first-order chi connectivity index (χ1) is 10.2. The molecule has 0 saturated heterocycles. The lowest BCUT2D eigenvalue weighted by atomic mass is 10.1. The van der Waals surface area contributed by atoms with Crippen molar-refractivity contribution in [3.63, 3.8) is 0 Å². The number of unbranched alkanes of at least 4 members (excludes halogenated alkanes) is 8. The molecule has 1 atom stereocenters. The van der Waals surface area contributed by atoms with Crippen molar-refractivity contribution in [2.24, 2.45) is 0 Å². The first kappa shape index (κ1) is 23.4. The van der Waals surface area contributed by atoms with E-state index in [-0.39, 0.29) is 13.5 Å². The third-order valence-electron chi connectivity index (χ3n) is 3.73. The van der Waals surface area contributed by atoms with Crippen molar-refractivity contribution in [3.05, 3.63) is 19.6 Å². The number of carboxylic acid groups (broad SMARTS) is 1. The number of aliphatic carboxylic acids is 1. The molecule has 0 rings (SSSR count). The lowest BCUT2D eigenvalue weighted by Gasteiger charge is -2.07. The Morgan fingerprint density at radius 2 is 1.59 bits per heavy atom. The highest BCUT2D eigenvalue weighted by Crippen LogP contribution is 2.10. The van der Waals surface area contributed by atoms with Crippen LogP contribution in [0.15, 0.2) is 12.2 Å². The quantitative estimate of drug-likeness (QED) is 0.324. The van der Waals surface area contributed by atoms with Crippen LogP contribution in [0.1, 0.15) is 90.4 Å². The van der Waals surface area contributed by atoms with Gasteiger partial charge >= 0.3 is 5.97 Å². The second-order valence-corrected chi connectivity index (χ2v) is 5.91. The van der Waals surface area contributed by atoms with Gasteiger partial charge in [0, 0.05) is 13.8 Å². The minimum Gasteiger partial charge on any atom is -0.481 e. The van der Waals surface area contributed by atoms with Gasteiger partial charge in [-0.1, -0.05) is 64.0 Å². The summed E-state index contributed by atoms with van der Waals surface area (Å²) in [5.74, 6) is -0.689. The topological polar surface area (TPSA) is 57.5 Å². The van der Waals surface area contributed by atoms with Gasteiger partial charge in [-0.25, -0.2) is 0 Å². The molecule has 0 aliphatic rings. The number of hydrogen-bond donors (Lipinski definition) is 2. The Bertz CT molecular complexity index is 261. The van der Waals surface area contributed by atoms with Crippen molar-refractivity contribution in [1.82, 2.24) is 0 Å². The molecule has 0 aromatic rings. The van der Waals surface area contributed by atoms with Crippen LogP contribution >= 0.6 is 0 Å². The van der Waals surface area contributed by atoms with Gasteiger partial charge in [0.1, 0.15) is 0 Å². The summed E-state index contributed by atoms with van der Waals surface area (Å²) in [6.07, 6.45) is 17.4. The molecule has 0 saturated carbocycles. The van der Waals surface area contributed by atoms with Gasteiger partial charge in [0.05, 0.1) is 6.10 Å². The maximum Gasteiger partial charge on any atom is 0.303 e. The van der Waals surface area contributed by atoms with Gasteiger partial charge in [0.2, 0.25) is 0 Å². The summed E-state index contributed by atoms with van der Waals surface area (Å²) >= 11 is 0. The lowest BCUT2D eigenvalue weighted by Crippen LogP contribution is -2.04. The smallest absolute Gasteiger partial charge is 0.303 e. The molecule has 0 spiro atoms. The van der Waals surface area contributed by atoms with Crippen molar-refractivity contribution in [2.75, 3.05) is 0 Å². The average Bonchev–Trinajstić information content (AvgIpc) is 2.45. The third-order valence-corrected chi connectivity index (χ3v) is 3.73. The van der Waals surface area contributed by atoms with Gasteiger partial charge in [-0.3, -0.25) is 4.79 Å². The van der Waals surface area contributed by atoms with Crippen LogP contribution in [-0.2, 0) is 4.79 Å². The number of carbonyl (C=O) groups is 1. The highest BCUT2D eigenvalue weighted by molar-refractivity contribution is 5.66. The molecule has 0 unspecified atom stereocenters. The molecule has 0 fully saturated rings. The van der Waals surface area contributed by atoms with Gasteiger partial charge in [0.15, 0.2) is 0 Å². The second kappa shape index (κ2) is 18.2. The Morgan fingerprint density at radius 1 is 0.955 bits per heavy atom. The van der Waals surface area contributed by atoms with Gasteiger partial charge in [-0.15, -0.1) is 0 Å². The first-order valence-electron chi connectivity index (χ1n) is 8.71. The molecule has 0 aromatic heterocycles. The average molecular weight is 310 g/mol. The van der Waals surface area contributed by atoms with Crippen LogP contribution in [0.3, 0.4) is 0 Å². The Kier molecular flexibility index (Phi) is 19.4. The van der Waals surface area contributed by atoms with Crippen LogP contribution in [0.2, 0.25) is 0 Å². The first-order valence-corrected chi connectivity index (χ1v) is 8.71. The molecule has 0 amide bonds. The van der Waals surface area contributed by atoms with E-state index >= 15 is 0 Å². The number of allylic oxidation sites excluding steroid dienone is 1. The fourth-order valence-corrected chi connectivity index (χ4v) is 2.36. The van der Waals surface area contributed by atoms with E-state index in [2.05, 4.69) is 19.1 Å². The highest BCUT2D eigenvalue weighted by atomic mass is 16.4. The van der Waals surface area contributed by atoms with E-state index in [1.165, 1.54) is 25.7 Å². The number of rotatable bonds is 15. The molecule has 0 aromatic carbocycles. The summed E-state index contributed by atoms with van der Waals surface area (Å²) in [6.45, 7) is 2.20. The minimum atomic E-state index is -0.689. The summed E-state index contributed by atoms with van der Waals surface area (Å²) in [5, 5.41) is 18.3. The fourth-order valence-electron chi connectivity index (χ4n) is 2.36. The Balaban J connectivity index is 0. The number of aliphatic hydroxyl groups is 1. The van der Waals surface area contributed by atoms with E-state index in [0.717, 1.165) is 51.4 Å². The Morgan fingerprint density at radius 3 is 2.27 bits per heavy atom. The third kappa shape index (κ3) is 19.2. The second-order valence-electron chi connectivity index (χ2n) is 5.91. The molecule has 22 heavy (non-hydrogen) atoms. The van der Waals surface area contributed by atoms with Crippen LogP contribution in [0.4, 0.5) is 0 Å². The van der Waals surface area contributed by atoms with E-state index in [0.29, 0.717) is 6.42 Å². The van der Waals surface area contributed by atoms with Crippen LogP contribution in [-0.4, -0.2) is 22.3 Å². The van der Waals surface area contributed by atoms with Crippen molar-refractivity contribution in [1.29, 1.82) is 0 Å². The zero-order valence-electron chi connectivity index (χ0n) is 14.2. The summed E-state index contributed by atoms with van der Waals surface area (Å²) in [7, 11) is 0. The number of carboxylic acids is 1. The predicted molar refractivity (Wildman–Crippen MR) is 91.7 cm³/mol. The minimum absolute atomic E-state index is 0. The number of hydrogen-bond acceptors (Lipinski definition) is 2. The van der Waals surface area contributed by atoms with Gasteiger partial charge in [0.25, 0.3) is 0 Å². The standard InChI is InChI=1S/C18H34O3.C/c1-2-3-4-11-14-17(19)15-12-9-7-5-6-8-10-13-16-18(20)21;/h9,12,17,19H,2-8,10-11,13-16H2,1H3,(H,20,21);/b12-9-;/t17-;/m1./s1. The molecule has 2 N–H and O–H groups in total. The van der Waals surface area contributed by atoms with Crippen LogP contribution in [0.25, 0.3) is 0 Å². The molecular weight excluding hydrogens is 276 g/mol. The molecule has 4 radical (unpaired) electrons. The van der Waals surface area contributed by atoms with Gasteiger partial charge in [-0.05, 0) is 32.1 Å². The normalized spacial score (nSPS) is 12.3. The monoisotopic (exact) mass is 310 g/mol. The molecule has 128 valence electrons. The molecule has 3 heteroatoms. The fraction of sp³-hybridized carbons (Fsp3) is 0.789. The zero-order chi connectivity index (χ0) is 15.8. The van der Waals surface area contributed by atoms with Crippen molar-refractivity contribution >= 4 is 5.97 Å². The molecule has 0 heterocycles. The van der Waals surface area contributed by atoms with E-state index in [4.69, 9.17) is 5.11 Å². The highest BCUT2D eigenvalue weighted by Gasteiger charge is 2.00. The molecular formula is C19H34O3. The largest absolute Gasteiger partial charge is 0.481 e. The number of aliphatic hydroxyl groups excluding tert-OH is 1. The molecule has 3 nitrogen and oxygen atoms in total. The summed E-state index contributed by atoms with van der Waals surface area (Å²) < 4.78 is 0. The lowest BCUT2D eigenvalue weighted by molar-refractivity contribution is -0.137. The summed E-state index contributed by atoms with van der Waals surface area (Å²) in [5.41, 5.74) is 0. The SMILES string of the molecule is CCCCCC[C@@H](O)C/C=C\CCCCCCCC(=O)O.[C]. The van der Waals surface area contributed by atoms with Crippen LogP contribution in [0.5, 0.6) is 0 Å².